The fraction of sp³-hybridized carbons (Fsp3) is 0.250. The van der Waals surface area contributed by atoms with E-state index in [4.69, 9.17) is 0 Å². The van der Waals surface area contributed by atoms with Crippen molar-refractivity contribution in [3.05, 3.63) is 53.5 Å². The second kappa shape index (κ2) is 5.66. The molecule has 1 N–H and O–H groups in total. The van der Waals surface area contributed by atoms with E-state index in [0.717, 1.165) is 17.0 Å². The number of nitrogens with one attached hydrogen (secondary N) is 1. The average molecular weight is 330 g/mol. The summed E-state index contributed by atoms with van der Waals surface area (Å²) < 4.78 is 29.8. The number of fused-ring (bicyclic) bond motifs is 1. The number of pyridine rings is 1. The predicted octanol–water partition coefficient (Wildman–Crippen LogP) is 2.71. The molecule has 3 rings (SSSR count). The van der Waals surface area contributed by atoms with Crippen LogP contribution in [-0.2, 0) is 16.4 Å². The Kier molecular flexibility index (Phi) is 3.81. The van der Waals surface area contributed by atoms with Crippen molar-refractivity contribution in [3.8, 4) is 0 Å². The van der Waals surface area contributed by atoms with Gasteiger partial charge in [0.25, 0.3) is 10.0 Å². The SMILES string of the molecule is CCc1nnc2c(S(=O)(=O)Nc3ccc(C)c(C)c3)cccn12. The van der Waals surface area contributed by atoms with Crippen LogP contribution in [-0.4, -0.2) is 23.0 Å². The lowest BCUT2D eigenvalue weighted by Gasteiger charge is -2.10. The third-order valence-corrected chi connectivity index (χ3v) is 5.24. The highest BCUT2D eigenvalue weighted by Gasteiger charge is 2.20. The molecule has 0 amide bonds. The van der Waals surface area contributed by atoms with E-state index in [2.05, 4.69) is 14.9 Å². The number of rotatable bonds is 4. The second-order valence-corrected chi connectivity index (χ2v) is 7.09. The first-order chi connectivity index (χ1) is 10.9. The predicted molar refractivity (Wildman–Crippen MR) is 89.1 cm³/mol. The zero-order valence-corrected chi connectivity index (χ0v) is 14.1. The lowest BCUT2D eigenvalue weighted by Crippen LogP contribution is -2.14. The highest BCUT2D eigenvalue weighted by atomic mass is 32.2. The molecule has 0 fully saturated rings. The molecule has 120 valence electrons. The average Bonchev–Trinajstić information content (AvgIpc) is 2.93. The number of hydrogen-bond donors (Lipinski definition) is 1. The molecule has 0 radical (unpaired) electrons. The molecule has 0 aliphatic heterocycles. The number of nitrogens with zero attached hydrogens (tertiary/aromatic N) is 3. The lowest BCUT2D eigenvalue weighted by molar-refractivity contribution is 0.601. The van der Waals surface area contributed by atoms with Crippen LogP contribution in [0.3, 0.4) is 0 Å². The van der Waals surface area contributed by atoms with Crippen LogP contribution in [0.4, 0.5) is 5.69 Å². The van der Waals surface area contributed by atoms with Crippen LogP contribution in [0.2, 0.25) is 0 Å². The Morgan fingerprint density at radius 2 is 1.91 bits per heavy atom. The Bertz CT molecular complexity index is 977. The van der Waals surface area contributed by atoms with Crippen molar-refractivity contribution in [2.24, 2.45) is 0 Å². The standard InChI is InChI=1S/C16H18N4O2S/c1-4-15-17-18-16-14(6-5-9-20(15)16)23(21,22)19-13-8-7-11(2)12(3)10-13/h5-10,19H,4H2,1-3H3. The minimum atomic E-state index is -3.74. The van der Waals surface area contributed by atoms with Crippen molar-refractivity contribution < 1.29 is 8.42 Å². The van der Waals surface area contributed by atoms with E-state index in [0.29, 0.717) is 17.8 Å². The zero-order chi connectivity index (χ0) is 16.6. The number of benzene rings is 1. The molecular weight excluding hydrogens is 312 g/mol. The Labute approximate surface area is 135 Å². The van der Waals surface area contributed by atoms with Gasteiger partial charge in [-0.05, 0) is 49.2 Å². The maximum atomic E-state index is 12.7. The first kappa shape index (κ1) is 15.5. The van der Waals surface area contributed by atoms with E-state index in [9.17, 15) is 8.42 Å². The maximum Gasteiger partial charge on any atom is 0.265 e. The summed E-state index contributed by atoms with van der Waals surface area (Å²) >= 11 is 0. The van der Waals surface area contributed by atoms with Crippen molar-refractivity contribution in [3.63, 3.8) is 0 Å². The van der Waals surface area contributed by atoms with Gasteiger partial charge in [0.15, 0.2) is 5.65 Å². The van der Waals surface area contributed by atoms with E-state index in [1.165, 1.54) is 6.07 Å². The third-order valence-electron chi connectivity index (χ3n) is 3.83. The molecule has 3 aromatic rings. The van der Waals surface area contributed by atoms with Gasteiger partial charge < -0.3 is 0 Å². The van der Waals surface area contributed by atoms with Gasteiger partial charge in [0, 0.05) is 18.3 Å². The van der Waals surface area contributed by atoms with Gasteiger partial charge in [-0.3, -0.25) is 9.12 Å². The molecule has 23 heavy (non-hydrogen) atoms. The number of aromatic nitrogens is 3. The summed E-state index contributed by atoms with van der Waals surface area (Å²) in [4.78, 5) is 0.116. The van der Waals surface area contributed by atoms with Crippen LogP contribution in [0, 0.1) is 13.8 Å². The zero-order valence-electron chi connectivity index (χ0n) is 13.2. The molecule has 2 aromatic heterocycles. The van der Waals surface area contributed by atoms with Gasteiger partial charge in [0.2, 0.25) is 0 Å². The molecule has 0 spiro atoms. The van der Waals surface area contributed by atoms with Gasteiger partial charge in [-0.1, -0.05) is 13.0 Å². The summed E-state index contributed by atoms with van der Waals surface area (Å²) in [5.74, 6) is 0.725. The Morgan fingerprint density at radius 3 is 2.61 bits per heavy atom. The van der Waals surface area contributed by atoms with Gasteiger partial charge in [0.05, 0.1) is 0 Å². The maximum absolute atomic E-state index is 12.7. The first-order valence-electron chi connectivity index (χ1n) is 7.35. The van der Waals surface area contributed by atoms with E-state index >= 15 is 0 Å². The summed E-state index contributed by atoms with van der Waals surface area (Å²) in [6.45, 7) is 5.88. The molecule has 0 saturated heterocycles. The van der Waals surface area contributed by atoms with Crippen molar-refractivity contribution >= 4 is 21.4 Å². The van der Waals surface area contributed by atoms with Crippen LogP contribution >= 0.6 is 0 Å². The van der Waals surface area contributed by atoms with Crippen LogP contribution in [0.25, 0.3) is 5.65 Å². The first-order valence-corrected chi connectivity index (χ1v) is 8.83. The van der Waals surface area contributed by atoms with Crippen molar-refractivity contribution in [1.82, 2.24) is 14.6 Å². The number of anilines is 1. The van der Waals surface area contributed by atoms with Crippen LogP contribution in [0.5, 0.6) is 0 Å². The molecular formula is C16H18N4O2S. The number of aryl methyl sites for hydroxylation is 3. The minimum absolute atomic E-state index is 0.116. The molecule has 0 atom stereocenters. The molecule has 2 heterocycles. The summed E-state index contributed by atoms with van der Waals surface area (Å²) in [5.41, 5.74) is 3.00. The van der Waals surface area contributed by atoms with Crippen LogP contribution < -0.4 is 4.72 Å². The fourth-order valence-electron chi connectivity index (χ4n) is 2.41. The number of hydrogen-bond acceptors (Lipinski definition) is 4. The van der Waals surface area contributed by atoms with Crippen molar-refractivity contribution in [2.45, 2.75) is 32.1 Å². The van der Waals surface area contributed by atoms with E-state index < -0.39 is 10.0 Å². The fourth-order valence-corrected chi connectivity index (χ4v) is 3.59. The molecule has 1 aromatic carbocycles. The molecule has 0 aliphatic rings. The van der Waals surface area contributed by atoms with E-state index in [1.54, 1.807) is 22.7 Å². The highest BCUT2D eigenvalue weighted by molar-refractivity contribution is 7.93. The molecule has 0 saturated carbocycles. The summed E-state index contributed by atoms with van der Waals surface area (Å²) in [6.07, 6.45) is 2.44. The minimum Gasteiger partial charge on any atom is -0.285 e. The van der Waals surface area contributed by atoms with Gasteiger partial charge in [-0.15, -0.1) is 10.2 Å². The largest absolute Gasteiger partial charge is 0.285 e. The van der Waals surface area contributed by atoms with E-state index in [-0.39, 0.29) is 4.90 Å². The van der Waals surface area contributed by atoms with E-state index in [1.807, 2.05) is 32.9 Å². The Morgan fingerprint density at radius 1 is 1.13 bits per heavy atom. The molecule has 0 aliphatic carbocycles. The van der Waals surface area contributed by atoms with Gasteiger partial charge in [-0.25, -0.2) is 8.42 Å². The topological polar surface area (TPSA) is 76.4 Å². The van der Waals surface area contributed by atoms with Gasteiger partial charge >= 0.3 is 0 Å². The van der Waals surface area contributed by atoms with Crippen molar-refractivity contribution in [2.75, 3.05) is 4.72 Å². The molecule has 0 unspecified atom stereocenters. The normalized spacial score (nSPS) is 11.8. The quantitative estimate of drug-likeness (QED) is 0.798. The lowest BCUT2D eigenvalue weighted by atomic mass is 10.1. The molecule has 6 nitrogen and oxygen atoms in total. The van der Waals surface area contributed by atoms with Crippen LogP contribution in [0.15, 0.2) is 41.4 Å². The summed E-state index contributed by atoms with van der Waals surface area (Å²) in [7, 11) is -3.74. The van der Waals surface area contributed by atoms with Gasteiger partial charge in [-0.2, -0.15) is 0 Å². The summed E-state index contributed by atoms with van der Waals surface area (Å²) in [6, 6.07) is 8.67. The smallest absolute Gasteiger partial charge is 0.265 e. The highest BCUT2D eigenvalue weighted by Crippen LogP contribution is 2.21. The van der Waals surface area contributed by atoms with Crippen LogP contribution in [0.1, 0.15) is 23.9 Å². The second-order valence-electron chi connectivity index (χ2n) is 5.44. The molecule has 7 heteroatoms. The monoisotopic (exact) mass is 330 g/mol. The number of sulfonamides is 1. The summed E-state index contributed by atoms with van der Waals surface area (Å²) in [5, 5.41) is 8.06. The Balaban J connectivity index is 2.06. The Hall–Kier alpha value is -2.41. The van der Waals surface area contributed by atoms with Gasteiger partial charge in [0.1, 0.15) is 10.7 Å². The van der Waals surface area contributed by atoms with Crippen molar-refractivity contribution in [1.29, 1.82) is 0 Å². The third kappa shape index (κ3) is 2.79. The molecule has 0 bridgehead atoms.